The monoisotopic (exact) mass is 617 g/mol. The molecule has 0 saturated heterocycles. The zero-order chi connectivity index (χ0) is 32.7. The van der Waals surface area contributed by atoms with Crippen molar-refractivity contribution in [1.82, 2.24) is 15.0 Å². The van der Waals surface area contributed by atoms with Crippen LogP contribution in [0, 0.1) is 0 Å². The molecule has 3 nitrogen and oxygen atoms in total. The Labute approximate surface area is 281 Å². The maximum atomic E-state index is 4.95. The van der Waals surface area contributed by atoms with E-state index in [1.165, 1.54) is 44.0 Å². The molecule has 0 aliphatic heterocycles. The molecule has 0 spiro atoms. The fourth-order valence-corrected chi connectivity index (χ4v) is 6.44. The van der Waals surface area contributed by atoms with Gasteiger partial charge in [-0.05, 0) is 73.0 Å². The summed E-state index contributed by atoms with van der Waals surface area (Å²) in [5.41, 5.74) is 9.16. The van der Waals surface area contributed by atoms with E-state index in [4.69, 9.17) is 15.0 Å². The van der Waals surface area contributed by atoms with Crippen molar-refractivity contribution in [2.45, 2.75) is 26.2 Å². The molecule has 0 aliphatic carbocycles. The summed E-state index contributed by atoms with van der Waals surface area (Å²) >= 11 is 0. The van der Waals surface area contributed by atoms with Crippen LogP contribution < -0.4 is 0 Å². The van der Waals surface area contributed by atoms with E-state index in [-0.39, 0.29) is 5.41 Å². The summed E-state index contributed by atoms with van der Waals surface area (Å²) in [6.07, 6.45) is 0. The number of nitrogens with zero attached hydrogens (tertiary/aromatic N) is 3. The normalized spacial score (nSPS) is 11.6. The Bertz CT molecular complexity index is 2360. The molecular formula is C45H35N3. The highest BCUT2D eigenvalue weighted by Crippen LogP contribution is 2.40. The van der Waals surface area contributed by atoms with Crippen LogP contribution in [0.1, 0.15) is 26.3 Å². The van der Waals surface area contributed by atoms with E-state index in [9.17, 15) is 0 Å². The summed E-state index contributed by atoms with van der Waals surface area (Å²) in [6.45, 7) is 6.84. The molecule has 0 saturated carbocycles. The lowest BCUT2D eigenvalue weighted by atomic mass is 9.82. The van der Waals surface area contributed by atoms with Crippen LogP contribution in [-0.2, 0) is 5.41 Å². The summed E-state index contributed by atoms with van der Waals surface area (Å²) in [5.74, 6) is 1.98. The third-order valence-corrected chi connectivity index (χ3v) is 9.07. The zero-order valence-corrected chi connectivity index (χ0v) is 27.4. The average Bonchev–Trinajstić information content (AvgIpc) is 3.14. The van der Waals surface area contributed by atoms with Gasteiger partial charge in [-0.1, -0.05) is 160 Å². The Balaban J connectivity index is 1.24. The lowest BCUT2D eigenvalue weighted by Gasteiger charge is -2.22. The molecule has 48 heavy (non-hydrogen) atoms. The van der Waals surface area contributed by atoms with E-state index < -0.39 is 0 Å². The maximum absolute atomic E-state index is 4.95. The van der Waals surface area contributed by atoms with Crippen LogP contribution in [0.5, 0.6) is 0 Å². The number of benzene rings is 7. The van der Waals surface area contributed by atoms with E-state index in [1.807, 2.05) is 60.7 Å². The molecule has 8 aromatic rings. The number of aromatic nitrogens is 3. The first-order chi connectivity index (χ1) is 23.4. The molecule has 0 radical (unpaired) electrons. The number of hydrogen-bond donors (Lipinski definition) is 0. The first-order valence-electron chi connectivity index (χ1n) is 16.4. The summed E-state index contributed by atoms with van der Waals surface area (Å²) in [7, 11) is 0. The van der Waals surface area contributed by atoms with E-state index in [0.717, 1.165) is 22.1 Å². The van der Waals surface area contributed by atoms with Gasteiger partial charge in [-0.15, -0.1) is 0 Å². The molecule has 0 N–H and O–H groups in total. The van der Waals surface area contributed by atoms with Gasteiger partial charge in [0.15, 0.2) is 17.5 Å². The Kier molecular flexibility index (Phi) is 7.38. The fourth-order valence-electron chi connectivity index (χ4n) is 6.44. The van der Waals surface area contributed by atoms with E-state index in [1.54, 1.807) is 0 Å². The molecule has 0 unspecified atom stereocenters. The predicted octanol–water partition coefficient (Wildman–Crippen LogP) is 11.8. The van der Waals surface area contributed by atoms with Gasteiger partial charge in [0.2, 0.25) is 0 Å². The van der Waals surface area contributed by atoms with Crippen molar-refractivity contribution < 1.29 is 0 Å². The molecule has 0 fully saturated rings. The highest BCUT2D eigenvalue weighted by atomic mass is 15.0. The molecule has 1 heterocycles. The summed E-state index contributed by atoms with van der Waals surface area (Å²) in [5, 5.41) is 4.81. The molecule has 1 aromatic heterocycles. The first kappa shape index (κ1) is 29.5. The molecule has 0 bridgehead atoms. The minimum absolute atomic E-state index is 0.0352. The molecule has 0 aliphatic rings. The second-order valence-corrected chi connectivity index (χ2v) is 13.4. The molecule has 8 rings (SSSR count). The van der Waals surface area contributed by atoms with Crippen LogP contribution in [0.2, 0.25) is 0 Å². The van der Waals surface area contributed by atoms with Gasteiger partial charge in [0, 0.05) is 16.7 Å². The third kappa shape index (κ3) is 5.65. The minimum atomic E-state index is 0.0352. The first-order valence-corrected chi connectivity index (χ1v) is 16.4. The van der Waals surface area contributed by atoms with Crippen molar-refractivity contribution in [3.8, 4) is 56.4 Å². The van der Waals surface area contributed by atoms with Crippen LogP contribution >= 0.6 is 0 Å². The van der Waals surface area contributed by atoms with Crippen molar-refractivity contribution in [3.63, 3.8) is 0 Å². The van der Waals surface area contributed by atoms with Crippen molar-refractivity contribution in [2.75, 3.05) is 0 Å². The topological polar surface area (TPSA) is 38.7 Å². The van der Waals surface area contributed by atoms with Crippen molar-refractivity contribution in [2.24, 2.45) is 0 Å². The molecule has 3 heteroatoms. The molecule has 0 amide bonds. The quantitative estimate of drug-likeness (QED) is 0.193. The van der Waals surface area contributed by atoms with Crippen LogP contribution in [0.25, 0.3) is 78.0 Å². The maximum Gasteiger partial charge on any atom is 0.164 e. The van der Waals surface area contributed by atoms with Gasteiger partial charge < -0.3 is 0 Å². The van der Waals surface area contributed by atoms with Crippen LogP contribution in [0.3, 0.4) is 0 Å². The molecule has 230 valence electrons. The molecule has 7 aromatic carbocycles. The summed E-state index contributed by atoms with van der Waals surface area (Å²) in [4.78, 5) is 14.8. The minimum Gasteiger partial charge on any atom is -0.208 e. The Morgan fingerprint density at radius 2 is 0.896 bits per heavy atom. The van der Waals surface area contributed by atoms with Gasteiger partial charge in [-0.25, -0.2) is 15.0 Å². The second-order valence-electron chi connectivity index (χ2n) is 13.4. The number of rotatable bonds is 5. The number of fused-ring (bicyclic) bond motifs is 2. The summed E-state index contributed by atoms with van der Waals surface area (Å²) < 4.78 is 0. The SMILES string of the molecule is CC(C)(C)c1ccc(-c2ccc3cc(-c4nc(-c5ccccc5)nc(-c5ccccc5)n4)ccc3c2)c(-c2cccc3ccccc23)c1. The lowest BCUT2D eigenvalue weighted by molar-refractivity contribution is 0.590. The molecule has 0 atom stereocenters. The van der Waals surface area contributed by atoms with Crippen LogP contribution in [0.15, 0.2) is 158 Å². The van der Waals surface area contributed by atoms with Gasteiger partial charge >= 0.3 is 0 Å². The Morgan fingerprint density at radius 3 is 1.54 bits per heavy atom. The predicted molar refractivity (Wildman–Crippen MR) is 201 cm³/mol. The van der Waals surface area contributed by atoms with E-state index in [2.05, 4.69) is 118 Å². The Hall–Kier alpha value is -5.93. The average molecular weight is 618 g/mol. The number of hydrogen-bond acceptors (Lipinski definition) is 3. The third-order valence-electron chi connectivity index (χ3n) is 9.07. The smallest absolute Gasteiger partial charge is 0.164 e. The van der Waals surface area contributed by atoms with Crippen molar-refractivity contribution in [3.05, 3.63) is 163 Å². The van der Waals surface area contributed by atoms with Crippen LogP contribution in [-0.4, -0.2) is 15.0 Å². The van der Waals surface area contributed by atoms with Gasteiger partial charge in [0.1, 0.15) is 0 Å². The van der Waals surface area contributed by atoms with Crippen molar-refractivity contribution >= 4 is 21.5 Å². The van der Waals surface area contributed by atoms with Crippen molar-refractivity contribution in [1.29, 1.82) is 0 Å². The summed E-state index contributed by atoms with van der Waals surface area (Å²) in [6, 6.07) is 55.7. The van der Waals surface area contributed by atoms with Gasteiger partial charge in [-0.2, -0.15) is 0 Å². The Morgan fingerprint density at radius 1 is 0.354 bits per heavy atom. The largest absolute Gasteiger partial charge is 0.208 e. The van der Waals surface area contributed by atoms with Gasteiger partial charge in [0.25, 0.3) is 0 Å². The van der Waals surface area contributed by atoms with Gasteiger partial charge in [0.05, 0.1) is 0 Å². The van der Waals surface area contributed by atoms with E-state index >= 15 is 0 Å². The highest BCUT2D eigenvalue weighted by molar-refractivity contribution is 6.01. The van der Waals surface area contributed by atoms with E-state index in [0.29, 0.717) is 17.5 Å². The van der Waals surface area contributed by atoms with Crippen LogP contribution in [0.4, 0.5) is 0 Å². The highest BCUT2D eigenvalue weighted by Gasteiger charge is 2.19. The standard InChI is InChI=1S/C45H35N3/c1-45(2,3)37-25-26-39(41(29-37)40-20-12-18-30-13-10-11-19-38(30)40)35-23-21-34-28-36(24-22-33(34)27-35)44-47-42(31-14-6-4-7-15-31)46-43(48-44)32-16-8-5-9-17-32/h4-29H,1-3H3. The second kappa shape index (κ2) is 12.0. The van der Waals surface area contributed by atoms with Gasteiger partial charge in [-0.3, -0.25) is 0 Å². The molecular weight excluding hydrogens is 583 g/mol. The fraction of sp³-hybridized carbons (Fsp3) is 0.0889. The lowest BCUT2D eigenvalue weighted by Crippen LogP contribution is -2.11. The zero-order valence-electron chi connectivity index (χ0n) is 27.4.